The fourth-order valence-corrected chi connectivity index (χ4v) is 2.01. The quantitative estimate of drug-likeness (QED) is 0.772. The summed E-state index contributed by atoms with van der Waals surface area (Å²) in [5.41, 5.74) is 6.22. The Balaban J connectivity index is 2.55. The van der Waals surface area contributed by atoms with Crippen molar-refractivity contribution in [1.82, 2.24) is 4.90 Å². The molecule has 3 heteroatoms. The Morgan fingerprint density at radius 2 is 2.13 bits per heavy atom. The van der Waals surface area contributed by atoms with Crippen LogP contribution in [-0.2, 0) is 4.79 Å². The van der Waals surface area contributed by atoms with Crippen molar-refractivity contribution in [3.8, 4) is 0 Å². The standard InChI is InChI=1S/C12H24N2O/c1-5-9(2)10(13)11(15)14-7-6-12(3,4)8-14/h9-10H,5-8,13H2,1-4H3/t9?,10-/m0/s1. The van der Waals surface area contributed by atoms with Crippen LogP contribution in [0, 0.1) is 11.3 Å². The van der Waals surface area contributed by atoms with Crippen molar-refractivity contribution in [2.24, 2.45) is 17.1 Å². The Morgan fingerprint density at radius 1 is 1.53 bits per heavy atom. The third-order valence-corrected chi connectivity index (χ3v) is 3.53. The third kappa shape index (κ3) is 2.94. The Hall–Kier alpha value is -0.570. The Morgan fingerprint density at radius 3 is 2.53 bits per heavy atom. The molecule has 1 aliphatic heterocycles. The summed E-state index contributed by atoms with van der Waals surface area (Å²) in [5.74, 6) is 0.413. The predicted molar refractivity (Wildman–Crippen MR) is 62.4 cm³/mol. The van der Waals surface area contributed by atoms with Crippen LogP contribution in [0.3, 0.4) is 0 Å². The monoisotopic (exact) mass is 212 g/mol. The summed E-state index contributed by atoms with van der Waals surface area (Å²) in [5, 5.41) is 0. The molecule has 15 heavy (non-hydrogen) atoms. The van der Waals surface area contributed by atoms with Crippen LogP contribution in [0.1, 0.15) is 40.5 Å². The number of hydrogen-bond acceptors (Lipinski definition) is 2. The molecule has 1 aliphatic rings. The van der Waals surface area contributed by atoms with E-state index in [0.29, 0.717) is 0 Å². The first-order valence-electron chi connectivity index (χ1n) is 5.92. The number of hydrogen-bond donors (Lipinski definition) is 1. The van der Waals surface area contributed by atoms with E-state index >= 15 is 0 Å². The van der Waals surface area contributed by atoms with Gasteiger partial charge in [-0.2, -0.15) is 0 Å². The van der Waals surface area contributed by atoms with Crippen molar-refractivity contribution in [1.29, 1.82) is 0 Å². The van der Waals surface area contributed by atoms with Crippen molar-refractivity contribution in [3.05, 3.63) is 0 Å². The van der Waals surface area contributed by atoms with E-state index in [0.717, 1.165) is 25.9 Å². The molecule has 0 aromatic heterocycles. The molecular weight excluding hydrogens is 188 g/mol. The molecule has 1 unspecified atom stereocenters. The van der Waals surface area contributed by atoms with Crippen molar-refractivity contribution in [2.45, 2.75) is 46.6 Å². The first kappa shape index (κ1) is 12.5. The first-order chi connectivity index (χ1) is 6.87. The molecule has 0 aliphatic carbocycles. The fraction of sp³-hybridized carbons (Fsp3) is 0.917. The lowest BCUT2D eigenvalue weighted by molar-refractivity contribution is -0.133. The van der Waals surface area contributed by atoms with Gasteiger partial charge in [-0.1, -0.05) is 34.1 Å². The van der Waals surface area contributed by atoms with Gasteiger partial charge in [0.2, 0.25) is 5.91 Å². The second-order valence-corrected chi connectivity index (χ2v) is 5.59. The van der Waals surface area contributed by atoms with Crippen molar-refractivity contribution in [3.63, 3.8) is 0 Å². The zero-order valence-corrected chi connectivity index (χ0v) is 10.4. The number of carbonyl (C=O) groups excluding carboxylic acids is 1. The Labute approximate surface area is 93.0 Å². The topological polar surface area (TPSA) is 46.3 Å². The summed E-state index contributed by atoms with van der Waals surface area (Å²) < 4.78 is 0. The van der Waals surface area contributed by atoms with Gasteiger partial charge in [-0.05, 0) is 17.8 Å². The highest BCUT2D eigenvalue weighted by Gasteiger charge is 2.34. The van der Waals surface area contributed by atoms with Gasteiger partial charge in [-0.3, -0.25) is 4.79 Å². The smallest absolute Gasteiger partial charge is 0.239 e. The first-order valence-corrected chi connectivity index (χ1v) is 5.92. The third-order valence-electron chi connectivity index (χ3n) is 3.53. The van der Waals surface area contributed by atoms with Gasteiger partial charge in [-0.15, -0.1) is 0 Å². The van der Waals surface area contributed by atoms with E-state index in [1.807, 2.05) is 11.8 Å². The van der Waals surface area contributed by atoms with Crippen LogP contribution in [0.4, 0.5) is 0 Å². The lowest BCUT2D eigenvalue weighted by Crippen LogP contribution is -2.46. The summed E-state index contributed by atoms with van der Waals surface area (Å²) in [6.07, 6.45) is 2.05. The second kappa shape index (κ2) is 4.52. The molecule has 0 radical (unpaired) electrons. The van der Waals surface area contributed by atoms with Gasteiger partial charge in [0.25, 0.3) is 0 Å². The van der Waals surface area contributed by atoms with E-state index < -0.39 is 0 Å². The number of amides is 1. The molecule has 1 amide bonds. The van der Waals surface area contributed by atoms with E-state index in [1.54, 1.807) is 0 Å². The zero-order valence-electron chi connectivity index (χ0n) is 10.4. The minimum Gasteiger partial charge on any atom is -0.341 e. The van der Waals surface area contributed by atoms with Gasteiger partial charge in [0.05, 0.1) is 6.04 Å². The second-order valence-electron chi connectivity index (χ2n) is 5.59. The highest BCUT2D eigenvalue weighted by Crippen LogP contribution is 2.29. The van der Waals surface area contributed by atoms with Crippen LogP contribution in [0.15, 0.2) is 0 Å². The Bertz CT molecular complexity index is 238. The van der Waals surface area contributed by atoms with Crippen LogP contribution in [-0.4, -0.2) is 29.9 Å². The summed E-state index contributed by atoms with van der Waals surface area (Å²) in [7, 11) is 0. The molecular formula is C12H24N2O. The summed E-state index contributed by atoms with van der Waals surface area (Å²) in [6, 6.07) is -0.316. The molecule has 2 atom stereocenters. The van der Waals surface area contributed by atoms with Crippen LogP contribution in [0.2, 0.25) is 0 Å². The molecule has 1 rings (SSSR count). The largest absolute Gasteiger partial charge is 0.341 e. The van der Waals surface area contributed by atoms with Gasteiger partial charge in [-0.25, -0.2) is 0 Å². The lowest BCUT2D eigenvalue weighted by atomic mass is 9.93. The predicted octanol–water partition coefficient (Wildman–Crippen LogP) is 1.62. The van der Waals surface area contributed by atoms with Crippen LogP contribution < -0.4 is 5.73 Å². The maximum atomic E-state index is 12.0. The highest BCUT2D eigenvalue weighted by molar-refractivity contribution is 5.82. The zero-order chi connectivity index (χ0) is 11.6. The van der Waals surface area contributed by atoms with E-state index in [-0.39, 0.29) is 23.3 Å². The average molecular weight is 212 g/mol. The van der Waals surface area contributed by atoms with E-state index in [1.165, 1.54) is 0 Å². The van der Waals surface area contributed by atoms with Crippen LogP contribution in [0.5, 0.6) is 0 Å². The lowest BCUT2D eigenvalue weighted by Gasteiger charge is -2.25. The number of carbonyl (C=O) groups is 1. The summed E-state index contributed by atoms with van der Waals surface area (Å²) in [4.78, 5) is 14.0. The van der Waals surface area contributed by atoms with E-state index in [2.05, 4.69) is 20.8 Å². The van der Waals surface area contributed by atoms with Gasteiger partial charge in [0, 0.05) is 13.1 Å². The fourth-order valence-electron chi connectivity index (χ4n) is 2.01. The number of rotatable bonds is 3. The molecule has 0 saturated carbocycles. The minimum atomic E-state index is -0.316. The van der Waals surface area contributed by atoms with E-state index in [4.69, 9.17) is 5.73 Å². The molecule has 88 valence electrons. The number of nitrogens with two attached hydrogens (primary N) is 1. The number of likely N-dealkylation sites (tertiary alicyclic amines) is 1. The molecule has 0 aromatic carbocycles. The molecule has 3 nitrogen and oxygen atoms in total. The molecule has 2 N–H and O–H groups in total. The van der Waals surface area contributed by atoms with Gasteiger partial charge >= 0.3 is 0 Å². The highest BCUT2D eigenvalue weighted by atomic mass is 16.2. The average Bonchev–Trinajstić information content (AvgIpc) is 2.55. The molecule has 0 spiro atoms. The molecule has 0 bridgehead atoms. The van der Waals surface area contributed by atoms with Crippen molar-refractivity contribution < 1.29 is 4.79 Å². The van der Waals surface area contributed by atoms with Crippen LogP contribution >= 0.6 is 0 Å². The van der Waals surface area contributed by atoms with Gasteiger partial charge < -0.3 is 10.6 Å². The van der Waals surface area contributed by atoms with Gasteiger partial charge in [0.1, 0.15) is 0 Å². The molecule has 1 fully saturated rings. The summed E-state index contributed by atoms with van der Waals surface area (Å²) >= 11 is 0. The number of nitrogens with zero attached hydrogens (tertiary/aromatic N) is 1. The van der Waals surface area contributed by atoms with Crippen molar-refractivity contribution >= 4 is 5.91 Å². The van der Waals surface area contributed by atoms with Gasteiger partial charge in [0.15, 0.2) is 0 Å². The minimum absolute atomic E-state index is 0.134. The molecule has 1 heterocycles. The molecule has 1 saturated heterocycles. The van der Waals surface area contributed by atoms with Crippen molar-refractivity contribution in [2.75, 3.05) is 13.1 Å². The normalized spacial score (nSPS) is 23.9. The summed E-state index contributed by atoms with van der Waals surface area (Å²) in [6.45, 7) is 10.3. The maximum Gasteiger partial charge on any atom is 0.239 e. The molecule has 0 aromatic rings. The van der Waals surface area contributed by atoms with Crippen LogP contribution in [0.25, 0.3) is 0 Å². The van der Waals surface area contributed by atoms with E-state index in [9.17, 15) is 4.79 Å². The Kier molecular flexibility index (Phi) is 3.77. The SMILES string of the molecule is CCC(C)[C@H](N)C(=O)N1CCC(C)(C)C1. The maximum absolute atomic E-state index is 12.0.